The molecule has 1 aliphatic carbocycles. The summed E-state index contributed by atoms with van der Waals surface area (Å²) in [6.45, 7) is 0.723. The maximum atomic E-state index is 13.9. The van der Waals surface area contributed by atoms with Gasteiger partial charge < -0.3 is 10.1 Å². The van der Waals surface area contributed by atoms with E-state index < -0.39 is 6.67 Å². The fraction of sp³-hybridized carbons (Fsp3) is 0.550. The molecular formula is C20H29ClFN3O. The minimum atomic E-state index is -0.396. The van der Waals surface area contributed by atoms with Gasteiger partial charge in [-0.3, -0.25) is 0 Å². The maximum absolute atomic E-state index is 13.9. The highest BCUT2D eigenvalue weighted by atomic mass is 35.5. The first-order valence-electron chi connectivity index (χ1n) is 9.27. The van der Waals surface area contributed by atoms with Gasteiger partial charge in [-0.2, -0.15) is 5.10 Å². The molecule has 0 aliphatic heterocycles. The quantitative estimate of drug-likeness (QED) is 0.720. The largest absolute Gasteiger partial charge is 0.473 e. The molecule has 0 saturated heterocycles. The molecule has 4 nitrogen and oxygen atoms in total. The molecule has 144 valence electrons. The smallest absolute Gasteiger partial charge is 0.212 e. The molecule has 1 heterocycles. The van der Waals surface area contributed by atoms with Crippen molar-refractivity contribution in [3.63, 3.8) is 0 Å². The van der Waals surface area contributed by atoms with Crippen LogP contribution in [0.25, 0.3) is 0 Å². The Bertz CT molecular complexity index is 644. The van der Waals surface area contributed by atoms with Gasteiger partial charge in [-0.25, -0.2) is 9.07 Å². The summed E-state index contributed by atoms with van der Waals surface area (Å²) in [6, 6.07) is 11.7. The van der Waals surface area contributed by atoms with Gasteiger partial charge >= 0.3 is 0 Å². The Morgan fingerprint density at radius 2 is 1.96 bits per heavy atom. The van der Waals surface area contributed by atoms with Gasteiger partial charge in [0.1, 0.15) is 13.3 Å². The SMILES string of the molecule is CNCc1cc(OCc2ccccc2)n(C(CF)C2CCCCC2)n1.Cl. The lowest BCUT2D eigenvalue weighted by molar-refractivity contribution is 0.170. The van der Waals surface area contributed by atoms with Crippen molar-refractivity contribution >= 4 is 12.4 Å². The molecule has 26 heavy (non-hydrogen) atoms. The van der Waals surface area contributed by atoms with E-state index in [1.54, 1.807) is 4.68 Å². The molecule has 1 atom stereocenters. The van der Waals surface area contributed by atoms with Crippen LogP contribution in [0.1, 0.15) is 49.4 Å². The first-order valence-corrected chi connectivity index (χ1v) is 9.27. The molecule has 0 amide bonds. The first kappa shape index (κ1) is 20.7. The van der Waals surface area contributed by atoms with E-state index in [9.17, 15) is 4.39 Å². The van der Waals surface area contributed by atoms with Gasteiger partial charge in [-0.1, -0.05) is 49.6 Å². The van der Waals surface area contributed by atoms with Gasteiger partial charge in [0.25, 0.3) is 0 Å². The molecular weight excluding hydrogens is 353 g/mol. The fourth-order valence-electron chi connectivity index (χ4n) is 3.68. The van der Waals surface area contributed by atoms with Gasteiger partial charge in [-0.05, 0) is 31.4 Å². The number of nitrogens with one attached hydrogen (secondary N) is 1. The summed E-state index contributed by atoms with van der Waals surface area (Å²) >= 11 is 0. The molecule has 1 aromatic carbocycles. The van der Waals surface area contributed by atoms with Crippen LogP contribution in [0.2, 0.25) is 0 Å². The molecule has 0 spiro atoms. The molecule has 0 bridgehead atoms. The predicted octanol–water partition coefficient (Wildman–Crippen LogP) is 4.69. The summed E-state index contributed by atoms with van der Waals surface area (Å²) in [5.74, 6) is 1.02. The molecule has 1 unspecified atom stereocenters. The number of hydrogen-bond donors (Lipinski definition) is 1. The van der Waals surface area contributed by atoms with Gasteiger partial charge in [0, 0.05) is 12.6 Å². The minimum absolute atomic E-state index is 0. The highest BCUT2D eigenvalue weighted by Crippen LogP contribution is 2.35. The minimum Gasteiger partial charge on any atom is -0.473 e. The summed E-state index contributed by atoms with van der Waals surface area (Å²) in [5.41, 5.74) is 1.99. The van der Waals surface area contributed by atoms with Crippen molar-refractivity contribution in [2.45, 2.75) is 51.3 Å². The van der Waals surface area contributed by atoms with E-state index in [-0.39, 0.29) is 18.4 Å². The van der Waals surface area contributed by atoms with Crippen LogP contribution >= 0.6 is 12.4 Å². The number of hydrogen-bond acceptors (Lipinski definition) is 3. The number of ether oxygens (including phenoxy) is 1. The van der Waals surface area contributed by atoms with Crippen LogP contribution in [0.3, 0.4) is 0 Å². The van der Waals surface area contributed by atoms with Crippen molar-refractivity contribution in [3.05, 3.63) is 47.7 Å². The lowest BCUT2D eigenvalue weighted by atomic mass is 9.84. The fourth-order valence-corrected chi connectivity index (χ4v) is 3.68. The number of rotatable bonds is 8. The third-order valence-electron chi connectivity index (χ3n) is 5.01. The second-order valence-corrected chi connectivity index (χ2v) is 6.84. The summed E-state index contributed by atoms with van der Waals surface area (Å²) in [6.07, 6.45) is 5.79. The lowest BCUT2D eigenvalue weighted by Gasteiger charge is -2.29. The standard InChI is InChI=1S/C20H28FN3O.ClH/c1-22-14-18-12-20(25-15-16-8-4-2-5-9-16)24(23-18)19(13-21)17-10-6-3-7-11-17;/h2,4-5,8-9,12,17,19,22H,3,6-7,10-11,13-15H2,1H3;1H. The molecule has 1 aliphatic rings. The summed E-state index contributed by atoms with van der Waals surface area (Å²) in [7, 11) is 1.89. The second kappa shape index (κ2) is 10.5. The van der Waals surface area contributed by atoms with Crippen molar-refractivity contribution in [2.75, 3.05) is 13.7 Å². The Labute approximate surface area is 161 Å². The molecule has 1 fully saturated rings. The molecule has 1 aromatic heterocycles. The highest BCUT2D eigenvalue weighted by molar-refractivity contribution is 5.85. The van der Waals surface area contributed by atoms with Crippen molar-refractivity contribution in [1.82, 2.24) is 15.1 Å². The number of benzene rings is 1. The van der Waals surface area contributed by atoms with Crippen molar-refractivity contribution in [1.29, 1.82) is 0 Å². The number of alkyl halides is 1. The molecule has 6 heteroatoms. The zero-order chi connectivity index (χ0) is 17.5. The average molecular weight is 382 g/mol. The summed E-state index contributed by atoms with van der Waals surface area (Å²) in [5, 5.41) is 7.76. The lowest BCUT2D eigenvalue weighted by Crippen LogP contribution is -2.25. The predicted molar refractivity (Wildman–Crippen MR) is 105 cm³/mol. The van der Waals surface area contributed by atoms with Gasteiger partial charge in [0.05, 0.1) is 11.7 Å². The molecule has 1 N–H and O–H groups in total. The Morgan fingerprint density at radius 1 is 1.23 bits per heavy atom. The molecule has 1 saturated carbocycles. The Kier molecular flexibility index (Phi) is 8.39. The van der Waals surface area contributed by atoms with Crippen LogP contribution in [0.4, 0.5) is 4.39 Å². The van der Waals surface area contributed by atoms with Crippen molar-refractivity contribution in [2.24, 2.45) is 5.92 Å². The molecule has 0 radical (unpaired) electrons. The number of nitrogens with zero attached hydrogens (tertiary/aromatic N) is 2. The van der Waals surface area contributed by atoms with Crippen LogP contribution < -0.4 is 10.1 Å². The van der Waals surface area contributed by atoms with Crippen LogP contribution in [0, 0.1) is 5.92 Å². The van der Waals surface area contributed by atoms with Crippen molar-refractivity contribution in [3.8, 4) is 5.88 Å². The van der Waals surface area contributed by atoms with Gasteiger partial charge in [0.15, 0.2) is 0 Å². The molecule has 2 aromatic rings. The van der Waals surface area contributed by atoms with Crippen LogP contribution in [-0.4, -0.2) is 23.5 Å². The molecule has 3 rings (SSSR count). The average Bonchev–Trinajstić information content (AvgIpc) is 3.05. The van der Waals surface area contributed by atoms with Crippen LogP contribution in [0.15, 0.2) is 36.4 Å². The zero-order valence-corrected chi connectivity index (χ0v) is 16.2. The number of aromatic nitrogens is 2. The zero-order valence-electron chi connectivity index (χ0n) is 15.4. The number of halogens is 2. The Balaban J connectivity index is 0.00000243. The Morgan fingerprint density at radius 3 is 2.62 bits per heavy atom. The monoisotopic (exact) mass is 381 g/mol. The van der Waals surface area contributed by atoms with Crippen LogP contribution in [0.5, 0.6) is 5.88 Å². The van der Waals surface area contributed by atoms with E-state index in [0.717, 1.165) is 24.1 Å². The topological polar surface area (TPSA) is 39.1 Å². The Hall–Kier alpha value is -1.59. The van der Waals surface area contributed by atoms with Gasteiger partial charge in [0.2, 0.25) is 5.88 Å². The van der Waals surface area contributed by atoms with E-state index in [0.29, 0.717) is 24.9 Å². The van der Waals surface area contributed by atoms with E-state index in [1.165, 1.54) is 19.3 Å². The summed E-state index contributed by atoms with van der Waals surface area (Å²) < 4.78 is 21.8. The van der Waals surface area contributed by atoms with E-state index in [1.807, 2.05) is 43.4 Å². The maximum Gasteiger partial charge on any atom is 0.212 e. The first-order chi connectivity index (χ1) is 12.3. The third kappa shape index (κ3) is 5.21. The van der Waals surface area contributed by atoms with E-state index in [4.69, 9.17) is 4.74 Å². The second-order valence-electron chi connectivity index (χ2n) is 6.84. The van der Waals surface area contributed by atoms with E-state index >= 15 is 0 Å². The van der Waals surface area contributed by atoms with E-state index in [2.05, 4.69) is 10.4 Å². The third-order valence-corrected chi connectivity index (χ3v) is 5.01. The van der Waals surface area contributed by atoms with Crippen molar-refractivity contribution < 1.29 is 9.13 Å². The van der Waals surface area contributed by atoms with Gasteiger partial charge in [-0.15, -0.1) is 12.4 Å². The highest BCUT2D eigenvalue weighted by Gasteiger charge is 2.28. The van der Waals surface area contributed by atoms with Crippen LogP contribution in [-0.2, 0) is 13.2 Å². The normalized spacial score (nSPS) is 16.1. The summed E-state index contributed by atoms with van der Waals surface area (Å²) in [4.78, 5) is 0.